The molecule has 2 aromatic rings. The van der Waals surface area contributed by atoms with E-state index in [1.54, 1.807) is 22.8 Å². The summed E-state index contributed by atoms with van der Waals surface area (Å²) in [5, 5.41) is 2.84. The third-order valence-corrected chi connectivity index (χ3v) is 5.13. The molecule has 1 amide bonds. The Morgan fingerprint density at radius 1 is 1.08 bits per heavy atom. The number of rotatable bonds is 4. The molecule has 0 bridgehead atoms. The number of benzene rings is 1. The number of nitrogens with zero attached hydrogens (tertiary/aromatic N) is 1. The molecule has 1 heterocycles. The quantitative estimate of drug-likeness (QED) is 0.833. The fourth-order valence-corrected chi connectivity index (χ4v) is 3.51. The molecule has 26 heavy (non-hydrogen) atoms. The van der Waals surface area contributed by atoms with Gasteiger partial charge in [0.1, 0.15) is 11.5 Å². The zero-order valence-electron chi connectivity index (χ0n) is 15.1. The monoisotopic (exact) mass is 356 g/mol. The molecule has 0 radical (unpaired) electrons. The van der Waals surface area contributed by atoms with Crippen molar-refractivity contribution in [1.29, 1.82) is 0 Å². The lowest BCUT2D eigenvalue weighted by Crippen LogP contribution is -2.30. The molecule has 1 saturated carbocycles. The number of nitrogens with one attached hydrogen (secondary N) is 1. The van der Waals surface area contributed by atoms with Crippen molar-refractivity contribution < 1.29 is 9.18 Å². The van der Waals surface area contributed by atoms with Gasteiger partial charge in [0, 0.05) is 11.6 Å². The number of pyridine rings is 1. The van der Waals surface area contributed by atoms with Crippen LogP contribution in [0.4, 0.5) is 10.1 Å². The number of carbonyl (C=O) groups excluding carboxylic acids is 1. The van der Waals surface area contributed by atoms with Crippen molar-refractivity contribution in [2.75, 3.05) is 5.32 Å². The first-order valence-electron chi connectivity index (χ1n) is 9.30. The molecule has 1 aliphatic rings. The number of aromatic nitrogens is 1. The first-order chi connectivity index (χ1) is 12.5. The smallest absolute Gasteiger partial charge is 0.274 e. The van der Waals surface area contributed by atoms with Crippen molar-refractivity contribution in [3.63, 3.8) is 0 Å². The summed E-state index contributed by atoms with van der Waals surface area (Å²) in [7, 11) is 0. The summed E-state index contributed by atoms with van der Waals surface area (Å²) in [4.78, 5) is 25.4. The summed E-state index contributed by atoms with van der Waals surface area (Å²) in [6, 6.07) is 9.60. The molecule has 0 saturated heterocycles. The van der Waals surface area contributed by atoms with Gasteiger partial charge < -0.3 is 9.88 Å². The number of amides is 1. The van der Waals surface area contributed by atoms with E-state index in [0.29, 0.717) is 12.2 Å². The van der Waals surface area contributed by atoms with E-state index in [0.717, 1.165) is 36.9 Å². The van der Waals surface area contributed by atoms with Gasteiger partial charge in [-0.1, -0.05) is 37.8 Å². The normalized spacial score (nSPS) is 15.5. The molecule has 1 aliphatic carbocycles. The number of hydrogen-bond acceptors (Lipinski definition) is 2. The van der Waals surface area contributed by atoms with Crippen LogP contribution >= 0.6 is 0 Å². The zero-order valence-corrected chi connectivity index (χ0v) is 15.1. The highest BCUT2D eigenvalue weighted by Gasteiger charge is 2.21. The lowest BCUT2D eigenvalue weighted by molar-refractivity contribution is -0.120. The number of anilines is 1. The number of halogens is 1. The van der Waals surface area contributed by atoms with Crippen LogP contribution in [-0.4, -0.2) is 10.5 Å². The largest absolute Gasteiger partial charge is 0.321 e. The molecule has 4 nitrogen and oxygen atoms in total. The Morgan fingerprint density at radius 3 is 2.38 bits per heavy atom. The summed E-state index contributed by atoms with van der Waals surface area (Å²) < 4.78 is 14.7. The van der Waals surface area contributed by atoms with Gasteiger partial charge in [-0.25, -0.2) is 4.39 Å². The van der Waals surface area contributed by atoms with Crippen molar-refractivity contribution in [3.8, 4) is 0 Å². The van der Waals surface area contributed by atoms with Crippen molar-refractivity contribution >= 4 is 11.6 Å². The minimum atomic E-state index is -0.303. The third-order valence-electron chi connectivity index (χ3n) is 5.13. The lowest BCUT2D eigenvalue weighted by atomic mass is 9.99. The van der Waals surface area contributed by atoms with Crippen LogP contribution in [0.15, 0.2) is 41.2 Å². The van der Waals surface area contributed by atoms with E-state index in [9.17, 15) is 14.0 Å². The number of carbonyl (C=O) groups is 1. The van der Waals surface area contributed by atoms with Crippen molar-refractivity contribution in [1.82, 2.24) is 4.57 Å². The van der Waals surface area contributed by atoms with E-state index in [1.807, 2.05) is 13.0 Å². The zero-order chi connectivity index (χ0) is 18.5. The summed E-state index contributed by atoms with van der Waals surface area (Å²) >= 11 is 0. The topological polar surface area (TPSA) is 51.1 Å². The van der Waals surface area contributed by atoms with Crippen LogP contribution in [0.2, 0.25) is 0 Å². The van der Waals surface area contributed by atoms with Crippen LogP contribution in [0.1, 0.15) is 49.8 Å². The van der Waals surface area contributed by atoms with Crippen LogP contribution < -0.4 is 10.9 Å². The molecule has 138 valence electrons. The van der Waals surface area contributed by atoms with Crippen LogP contribution in [0, 0.1) is 18.7 Å². The average Bonchev–Trinajstić information content (AvgIpc) is 2.92. The molecule has 5 heteroatoms. The van der Waals surface area contributed by atoms with Crippen molar-refractivity contribution in [3.05, 3.63) is 63.8 Å². The number of hydrogen-bond donors (Lipinski definition) is 1. The molecular formula is C21H25FN2O2. The van der Waals surface area contributed by atoms with E-state index < -0.39 is 0 Å². The Morgan fingerprint density at radius 2 is 1.73 bits per heavy atom. The van der Waals surface area contributed by atoms with Gasteiger partial charge in [-0.05, 0) is 49.6 Å². The molecule has 1 aromatic heterocycles. The number of aryl methyl sites for hydroxylation is 1. The van der Waals surface area contributed by atoms with Gasteiger partial charge in [-0.15, -0.1) is 0 Å². The first-order valence-corrected chi connectivity index (χ1v) is 9.30. The molecule has 1 fully saturated rings. The summed E-state index contributed by atoms with van der Waals surface area (Å²) in [5.41, 5.74) is 1.72. The maximum atomic E-state index is 13.1. The second kappa shape index (κ2) is 8.30. The second-order valence-electron chi connectivity index (χ2n) is 7.08. The summed E-state index contributed by atoms with van der Waals surface area (Å²) in [6.45, 7) is 2.19. The molecular weight excluding hydrogens is 331 g/mol. The molecule has 1 N–H and O–H groups in total. The predicted octanol–water partition coefficient (Wildman–Crippen LogP) is 4.25. The predicted molar refractivity (Wildman–Crippen MR) is 101 cm³/mol. The highest BCUT2D eigenvalue weighted by molar-refractivity contribution is 5.92. The Balaban J connectivity index is 1.79. The maximum Gasteiger partial charge on any atom is 0.274 e. The van der Waals surface area contributed by atoms with Gasteiger partial charge in [0.05, 0.1) is 6.54 Å². The van der Waals surface area contributed by atoms with Gasteiger partial charge in [0.2, 0.25) is 5.91 Å². The minimum absolute atomic E-state index is 0.0104. The van der Waals surface area contributed by atoms with Crippen LogP contribution in [-0.2, 0) is 11.3 Å². The van der Waals surface area contributed by atoms with E-state index in [1.165, 1.54) is 25.0 Å². The highest BCUT2D eigenvalue weighted by Crippen LogP contribution is 2.23. The summed E-state index contributed by atoms with van der Waals surface area (Å²) in [6.07, 6.45) is 6.28. The fraction of sp³-hybridized carbons (Fsp3) is 0.429. The lowest BCUT2D eigenvalue weighted by Gasteiger charge is -2.16. The average molecular weight is 356 g/mol. The standard InChI is InChI=1S/C21H25FN2O2/c1-15-8-13-19(23-20(25)17-6-4-2-3-5-7-17)21(26)24(15)14-16-9-11-18(22)12-10-16/h8-13,17H,2-7,14H2,1H3,(H,23,25). The van der Waals surface area contributed by atoms with Gasteiger partial charge in [-0.3, -0.25) is 9.59 Å². The van der Waals surface area contributed by atoms with Gasteiger partial charge in [0.25, 0.3) is 5.56 Å². The molecule has 0 aliphatic heterocycles. The molecule has 0 spiro atoms. The SMILES string of the molecule is Cc1ccc(NC(=O)C2CCCCCC2)c(=O)n1Cc1ccc(F)cc1. The van der Waals surface area contributed by atoms with E-state index in [2.05, 4.69) is 5.32 Å². The van der Waals surface area contributed by atoms with E-state index >= 15 is 0 Å². The van der Waals surface area contributed by atoms with Crippen LogP contribution in [0.25, 0.3) is 0 Å². The third kappa shape index (κ3) is 4.40. The Hall–Kier alpha value is -2.43. The van der Waals surface area contributed by atoms with Gasteiger partial charge in [-0.2, -0.15) is 0 Å². The summed E-state index contributed by atoms with van der Waals surface area (Å²) in [5.74, 6) is -0.368. The fourth-order valence-electron chi connectivity index (χ4n) is 3.51. The van der Waals surface area contributed by atoms with Crippen LogP contribution in [0.3, 0.4) is 0 Å². The Kier molecular flexibility index (Phi) is 5.86. The van der Waals surface area contributed by atoms with Crippen molar-refractivity contribution in [2.24, 2.45) is 5.92 Å². The molecule has 0 atom stereocenters. The van der Waals surface area contributed by atoms with Crippen molar-refractivity contribution in [2.45, 2.75) is 52.0 Å². The van der Waals surface area contributed by atoms with E-state index in [-0.39, 0.29) is 23.2 Å². The first kappa shape index (κ1) is 18.4. The van der Waals surface area contributed by atoms with E-state index in [4.69, 9.17) is 0 Å². The highest BCUT2D eigenvalue weighted by atomic mass is 19.1. The molecule has 0 unspecified atom stereocenters. The van der Waals surface area contributed by atoms with Gasteiger partial charge >= 0.3 is 0 Å². The van der Waals surface area contributed by atoms with Crippen LogP contribution in [0.5, 0.6) is 0 Å². The molecule has 1 aromatic carbocycles. The molecule has 3 rings (SSSR count). The Bertz CT molecular complexity index is 819. The Labute approximate surface area is 153 Å². The maximum absolute atomic E-state index is 13.1. The second-order valence-corrected chi connectivity index (χ2v) is 7.08. The minimum Gasteiger partial charge on any atom is -0.321 e. The van der Waals surface area contributed by atoms with Gasteiger partial charge in [0.15, 0.2) is 0 Å².